The van der Waals surface area contributed by atoms with Crippen LogP contribution in [0.1, 0.15) is 47.8 Å². The van der Waals surface area contributed by atoms with Crippen molar-refractivity contribution >= 4 is 28.1 Å². The Hall–Kier alpha value is -3.44. The molecular formula is C27H29NO3S. The minimum absolute atomic E-state index is 0.0337. The average Bonchev–Trinajstić information content (AvgIpc) is 2.79. The van der Waals surface area contributed by atoms with E-state index in [2.05, 4.69) is 38.7 Å². The van der Waals surface area contributed by atoms with E-state index in [4.69, 9.17) is 0 Å². The lowest BCUT2D eigenvalue weighted by Crippen LogP contribution is -2.30. The van der Waals surface area contributed by atoms with E-state index in [0.717, 1.165) is 11.1 Å². The third-order valence-corrected chi connectivity index (χ3v) is 6.05. The number of hydrogen-bond donors (Lipinski definition) is 1. The first-order valence-electron chi connectivity index (χ1n) is 10.1. The van der Waals surface area contributed by atoms with Crippen LogP contribution < -0.4 is 4.72 Å². The van der Waals surface area contributed by atoms with E-state index in [9.17, 15) is 13.2 Å². The Labute approximate surface area is 191 Å². The minimum Gasteiger partial charge on any atom is -0.268 e. The van der Waals surface area contributed by atoms with Crippen molar-refractivity contribution < 1.29 is 13.2 Å². The number of amides is 1. The zero-order chi connectivity index (χ0) is 23.8. The van der Waals surface area contributed by atoms with Gasteiger partial charge in [0, 0.05) is 5.56 Å². The van der Waals surface area contributed by atoms with Crippen LogP contribution in [-0.4, -0.2) is 14.3 Å². The van der Waals surface area contributed by atoms with Crippen LogP contribution in [0.15, 0.2) is 96.9 Å². The average molecular weight is 448 g/mol. The predicted octanol–water partition coefficient (Wildman–Crippen LogP) is 6.08. The van der Waals surface area contributed by atoms with Gasteiger partial charge in [-0.3, -0.25) is 4.79 Å². The Morgan fingerprint density at radius 3 is 1.72 bits per heavy atom. The van der Waals surface area contributed by atoms with Crippen LogP contribution in [0.2, 0.25) is 0 Å². The molecule has 0 aromatic heterocycles. The van der Waals surface area contributed by atoms with Crippen LogP contribution in [-0.2, 0) is 15.4 Å². The normalized spacial score (nSPS) is 11.0. The highest BCUT2D eigenvalue weighted by molar-refractivity contribution is 7.90. The first-order valence-corrected chi connectivity index (χ1v) is 11.6. The summed E-state index contributed by atoms with van der Waals surface area (Å²) in [7, 11) is -3.91. The molecule has 0 atom stereocenters. The fourth-order valence-electron chi connectivity index (χ4n) is 2.73. The maximum Gasteiger partial charge on any atom is 0.264 e. The largest absolute Gasteiger partial charge is 0.268 e. The third-order valence-electron chi connectivity index (χ3n) is 4.70. The van der Waals surface area contributed by atoms with Crippen molar-refractivity contribution in [2.45, 2.75) is 31.1 Å². The standard InChI is InChI=1S/C19H21NO3S.C8H8/c1-5-14-6-12-17(13-7-14)24(22,23)20-18(21)15-8-10-16(11-9-15)19(2,3)4;1-2-8-6-4-3-5-7-8/h5-13H,1H2,2-4H3,(H,20,21);2-7H,1H2. The summed E-state index contributed by atoms with van der Waals surface area (Å²) in [6.45, 7) is 13.5. The molecule has 32 heavy (non-hydrogen) atoms. The summed E-state index contributed by atoms with van der Waals surface area (Å²) in [6.07, 6.45) is 3.45. The Bertz CT molecular complexity index is 1160. The van der Waals surface area contributed by atoms with Crippen molar-refractivity contribution in [2.24, 2.45) is 0 Å². The molecule has 5 heteroatoms. The number of rotatable bonds is 5. The quantitative estimate of drug-likeness (QED) is 0.516. The molecule has 0 aliphatic rings. The molecule has 3 rings (SSSR count). The summed E-state index contributed by atoms with van der Waals surface area (Å²) in [6, 6.07) is 23.1. The van der Waals surface area contributed by atoms with Gasteiger partial charge in [-0.25, -0.2) is 13.1 Å². The van der Waals surface area contributed by atoms with Gasteiger partial charge in [-0.2, -0.15) is 0 Å². The lowest BCUT2D eigenvalue weighted by atomic mass is 9.87. The highest BCUT2D eigenvalue weighted by atomic mass is 32.2. The molecule has 0 radical (unpaired) electrons. The first-order chi connectivity index (χ1) is 15.1. The maximum absolute atomic E-state index is 12.3. The molecular weight excluding hydrogens is 418 g/mol. The molecule has 0 bridgehead atoms. The van der Waals surface area contributed by atoms with Crippen LogP contribution in [0.25, 0.3) is 12.2 Å². The molecule has 3 aromatic carbocycles. The molecule has 0 heterocycles. The zero-order valence-electron chi connectivity index (χ0n) is 18.7. The van der Waals surface area contributed by atoms with E-state index >= 15 is 0 Å². The Kier molecular flexibility index (Phi) is 8.33. The van der Waals surface area contributed by atoms with E-state index in [-0.39, 0.29) is 10.3 Å². The second kappa shape index (κ2) is 10.7. The number of benzene rings is 3. The molecule has 0 aliphatic heterocycles. The summed E-state index contributed by atoms with van der Waals surface area (Å²) in [5.74, 6) is -0.650. The third kappa shape index (κ3) is 7.06. The SMILES string of the molecule is C=Cc1ccc(S(=O)(=O)NC(=O)c2ccc(C(C)(C)C)cc2)cc1.C=Cc1ccccc1. The molecule has 166 valence electrons. The van der Waals surface area contributed by atoms with Gasteiger partial charge in [0.2, 0.25) is 0 Å². The van der Waals surface area contributed by atoms with Gasteiger partial charge in [-0.1, -0.05) is 101 Å². The van der Waals surface area contributed by atoms with Gasteiger partial charge in [0.25, 0.3) is 15.9 Å². The van der Waals surface area contributed by atoms with Crippen molar-refractivity contribution in [3.05, 3.63) is 114 Å². The van der Waals surface area contributed by atoms with E-state index in [1.54, 1.807) is 30.3 Å². The number of hydrogen-bond acceptors (Lipinski definition) is 3. The van der Waals surface area contributed by atoms with Crippen molar-refractivity contribution in [3.8, 4) is 0 Å². The second-order valence-electron chi connectivity index (χ2n) is 8.15. The number of carbonyl (C=O) groups excluding carboxylic acids is 1. The summed E-state index contributed by atoms with van der Waals surface area (Å²) in [5.41, 5.74) is 3.32. The molecule has 0 unspecified atom stereocenters. The first kappa shape index (κ1) is 24.8. The summed E-state index contributed by atoms with van der Waals surface area (Å²) < 4.78 is 26.7. The number of nitrogens with one attached hydrogen (secondary N) is 1. The highest BCUT2D eigenvalue weighted by Gasteiger charge is 2.19. The van der Waals surface area contributed by atoms with Gasteiger partial charge in [0.15, 0.2) is 0 Å². The molecule has 0 spiro atoms. The van der Waals surface area contributed by atoms with Gasteiger partial charge in [0.1, 0.15) is 0 Å². The number of sulfonamides is 1. The second-order valence-corrected chi connectivity index (χ2v) is 9.83. The lowest BCUT2D eigenvalue weighted by Gasteiger charge is -2.19. The van der Waals surface area contributed by atoms with Gasteiger partial charge in [0.05, 0.1) is 4.90 Å². The van der Waals surface area contributed by atoms with Crippen LogP contribution in [0.5, 0.6) is 0 Å². The molecule has 4 nitrogen and oxygen atoms in total. The Morgan fingerprint density at radius 2 is 1.28 bits per heavy atom. The fraction of sp³-hybridized carbons (Fsp3) is 0.148. The van der Waals surface area contributed by atoms with Crippen molar-refractivity contribution in [2.75, 3.05) is 0 Å². The van der Waals surface area contributed by atoms with E-state index in [0.29, 0.717) is 5.56 Å². The predicted molar refractivity (Wildman–Crippen MR) is 133 cm³/mol. The van der Waals surface area contributed by atoms with Crippen molar-refractivity contribution in [1.29, 1.82) is 0 Å². The van der Waals surface area contributed by atoms with Crippen molar-refractivity contribution in [3.63, 3.8) is 0 Å². The van der Waals surface area contributed by atoms with Crippen LogP contribution in [0.3, 0.4) is 0 Å². The topological polar surface area (TPSA) is 63.2 Å². The van der Waals surface area contributed by atoms with Crippen molar-refractivity contribution in [1.82, 2.24) is 4.72 Å². The maximum atomic E-state index is 12.3. The van der Waals surface area contributed by atoms with Crippen LogP contribution >= 0.6 is 0 Å². The van der Waals surface area contributed by atoms with Crippen LogP contribution in [0.4, 0.5) is 0 Å². The zero-order valence-corrected chi connectivity index (χ0v) is 19.5. The summed E-state index contributed by atoms with van der Waals surface area (Å²) in [4.78, 5) is 12.2. The molecule has 0 saturated heterocycles. The van der Waals surface area contributed by atoms with E-state index < -0.39 is 15.9 Å². The molecule has 0 saturated carbocycles. The Morgan fingerprint density at radius 1 is 0.781 bits per heavy atom. The van der Waals surface area contributed by atoms with Gasteiger partial charge >= 0.3 is 0 Å². The van der Waals surface area contributed by atoms with Gasteiger partial charge in [-0.05, 0) is 46.4 Å². The van der Waals surface area contributed by atoms with E-state index in [1.165, 1.54) is 17.7 Å². The fourth-order valence-corrected chi connectivity index (χ4v) is 3.71. The minimum atomic E-state index is -3.91. The molecule has 1 amide bonds. The smallest absolute Gasteiger partial charge is 0.264 e. The molecule has 0 aliphatic carbocycles. The molecule has 0 fully saturated rings. The van der Waals surface area contributed by atoms with Crippen LogP contribution in [0, 0.1) is 0 Å². The summed E-state index contributed by atoms with van der Waals surface area (Å²) >= 11 is 0. The highest BCUT2D eigenvalue weighted by Crippen LogP contribution is 2.22. The monoisotopic (exact) mass is 447 g/mol. The van der Waals surface area contributed by atoms with Gasteiger partial charge in [-0.15, -0.1) is 0 Å². The Balaban J connectivity index is 0.000000380. The number of carbonyl (C=O) groups is 1. The lowest BCUT2D eigenvalue weighted by molar-refractivity contribution is 0.0981. The van der Waals surface area contributed by atoms with E-state index in [1.807, 2.05) is 48.5 Å². The van der Waals surface area contributed by atoms with Gasteiger partial charge < -0.3 is 0 Å². The molecule has 1 N–H and O–H groups in total. The molecule has 3 aromatic rings. The summed E-state index contributed by atoms with van der Waals surface area (Å²) in [5, 5.41) is 0.